The molecule has 4 aliphatic rings. The molecular formula is C27H54N6O12. The van der Waals surface area contributed by atoms with Gasteiger partial charge in [0.15, 0.2) is 18.7 Å². The van der Waals surface area contributed by atoms with Gasteiger partial charge in [-0.1, -0.05) is 6.42 Å². The number of ether oxygens (including phenoxy) is 4. The van der Waals surface area contributed by atoms with Gasteiger partial charge in [0.25, 0.3) is 0 Å². The van der Waals surface area contributed by atoms with Crippen LogP contribution in [0.4, 0.5) is 0 Å². The third-order valence-electron chi connectivity index (χ3n) is 9.68. The molecule has 0 spiro atoms. The smallest absolute Gasteiger partial charge is 0.187 e. The molecule has 0 aromatic carbocycles. The third kappa shape index (κ3) is 7.96. The molecule has 0 aromatic heterocycles. The Hall–Kier alpha value is -0.720. The maximum Gasteiger partial charge on any atom is 0.187 e. The SMILES string of the molecule is CC(N)C(O)C(C1CCC1)[C@H](CN)OOC1C(CO)OC(OC2C(O)C(N)CC(N)C2OC2OC(CN)C(O)C(O)C2N)C1O. The van der Waals surface area contributed by atoms with Gasteiger partial charge in [-0.25, -0.2) is 9.78 Å². The Morgan fingerprint density at radius 3 is 2.02 bits per heavy atom. The van der Waals surface area contributed by atoms with Gasteiger partial charge in [0.2, 0.25) is 0 Å². The van der Waals surface area contributed by atoms with Crippen LogP contribution in [-0.2, 0) is 28.7 Å². The molecule has 4 fully saturated rings. The number of nitrogens with two attached hydrogens (primary N) is 6. The van der Waals surface area contributed by atoms with Crippen LogP contribution in [0.1, 0.15) is 32.6 Å². The van der Waals surface area contributed by atoms with Gasteiger partial charge in [0.05, 0.1) is 24.9 Å². The summed E-state index contributed by atoms with van der Waals surface area (Å²) in [5, 5.41) is 63.7. The summed E-state index contributed by atoms with van der Waals surface area (Å²) in [7, 11) is 0. The quantitative estimate of drug-likeness (QED) is 0.0612. The molecule has 0 bridgehead atoms. The second-order valence-corrected chi connectivity index (χ2v) is 12.9. The largest absolute Gasteiger partial charge is 0.394 e. The first-order valence-corrected chi connectivity index (χ1v) is 15.7. The van der Waals surface area contributed by atoms with Crippen LogP contribution in [0.15, 0.2) is 0 Å². The van der Waals surface area contributed by atoms with Gasteiger partial charge in [-0.3, -0.25) is 0 Å². The lowest BCUT2D eigenvalue weighted by atomic mass is 9.70. The molecule has 2 aliphatic carbocycles. The molecule has 17 unspecified atom stereocenters. The fourth-order valence-electron chi connectivity index (χ4n) is 6.64. The van der Waals surface area contributed by atoms with Gasteiger partial charge >= 0.3 is 0 Å². The van der Waals surface area contributed by atoms with E-state index < -0.39 is 116 Å². The van der Waals surface area contributed by atoms with Crippen LogP contribution >= 0.6 is 0 Å². The zero-order valence-electron chi connectivity index (χ0n) is 25.5. The predicted octanol–water partition coefficient (Wildman–Crippen LogP) is -6.24. The lowest BCUT2D eigenvalue weighted by Gasteiger charge is -2.47. The van der Waals surface area contributed by atoms with Gasteiger partial charge in [0, 0.05) is 37.1 Å². The Bertz CT molecular complexity index is 910. The maximum absolute atomic E-state index is 11.2. The first kappa shape index (κ1) is 37.1. The van der Waals surface area contributed by atoms with E-state index in [1.807, 2.05) is 0 Å². The zero-order valence-corrected chi connectivity index (χ0v) is 25.5. The number of hydrogen-bond acceptors (Lipinski definition) is 18. The Balaban J connectivity index is 1.46. The van der Waals surface area contributed by atoms with Gasteiger partial charge in [-0.2, -0.15) is 0 Å². The van der Waals surface area contributed by atoms with Crippen LogP contribution in [0, 0.1) is 11.8 Å². The molecule has 4 rings (SSSR count). The highest BCUT2D eigenvalue weighted by Crippen LogP contribution is 2.39. The second-order valence-electron chi connectivity index (χ2n) is 12.9. The van der Waals surface area contributed by atoms with E-state index in [0.717, 1.165) is 19.3 Å². The molecular weight excluding hydrogens is 600 g/mol. The molecule has 18 N–H and O–H groups in total. The molecule has 2 saturated heterocycles. The van der Waals surface area contributed by atoms with Gasteiger partial charge in [-0.05, 0) is 32.1 Å². The molecule has 0 radical (unpaired) electrons. The van der Waals surface area contributed by atoms with Crippen molar-refractivity contribution < 1.29 is 59.4 Å². The van der Waals surface area contributed by atoms with Crippen molar-refractivity contribution in [2.24, 2.45) is 46.2 Å². The van der Waals surface area contributed by atoms with Gasteiger partial charge in [-0.15, -0.1) is 0 Å². The van der Waals surface area contributed by atoms with E-state index in [4.69, 9.17) is 63.1 Å². The zero-order chi connectivity index (χ0) is 33.2. The van der Waals surface area contributed by atoms with Crippen molar-refractivity contribution in [3.8, 4) is 0 Å². The van der Waals surface area contributed by atoms with Crippen LogP contribution < -0.4 is 34.4 Å². The average molecular weight is 655 g/mol. The van der Waals surface area contributed by atoms with Crippen molar-refractivity contribution in [3.63, 3.8) is 0 Å². The monoisotopic (exact) mass is 654 g/mol. The minimum atomic E-state index is -1.55. The Morgan fingerprint density at radius 1 is 0.822 bits per heavy atom. The highest BCUT2D eigenvalue weighted by atomic mass is 17.2. The fraction of sp³-hybridized carbons (Fsp3) is 1.00. The summed E-state index contributed by atoms with van der Waals surface area (Å²) in [6, 6.07) is -3.42. The third-order valence-corrected chi connectivity index (χ3v) is 9.68. The van der Waals surface area contributed by atoms with E-state index in [1.165, 1.54) is 0 Å². The van der Waals surface area contributed by atoms with Crippen molar-refractivity contribution in [3.05, 3.63) is 0 Å². The minimum absolute atomic E-state index is 0.0104. The molecule has 0 amide bonds. The highest BCUT2D eigenvalue weighted by molar-refractivity contribution is 5.01. The molecule has 2 heterocycles. The summed E-state index contributed by atoms with van der Waals surface area (Å²) >= 11 is 0. The minimum Gasteiger partial charge on any atom is -0.394 e. The molecule has 2 aliphatic heterocycles. The van der Waals surface area contributed by atoms with E-state index >= 15 is 0 Å². The number of hydrogen-bond donors (Lipinski definition) is 12. The van der Waals surface area contributed by atoms with E-state index in [9.17, 15) is 30.6 Å². The Labute approximate surface area is 262 Å². The molecule has 264 valence electrons. The van der Waals surface area contributed by atoms with Crippen LogP contribution in [-0.4, -0.2) is 154 Å². The fourth-order valence-corrected chi connectivity index (χ4v) is 6.64. The molecule has 2 saturated carbocycles. The normalized spacial score (nSPS) is 45.5. The van der Waals surface area contributed by atoms with Crippen molar-refractivity contribution in [1.29, 1.82) is 0 Å². The standard InChI is InChI=1S/C27H54N6O12/c1-9(30)18(35)16(10-3-2-4-10)13(6-28)44-45-24-15(8-34)41-27(22(24)39)43-25-19(36)11(31)5-12(32)23(25)42-26-17(33)21(38)20(37)14(7-29)40-26/h9-27,34-39H,2-8,28-33H2,1H3/t9?,11?,12?,13-,14?,15?,16?,17?,18?,19?,20?,21?,22?,23?,24?,25?,26?,27?/m0/s1. The summed E-state index contributed by atoms with van der Waals surface area (Å²) in [5.74, 6) is -0.297. The van der Waals surface area contributed by atoms with Gasteiger partial charge in [0.1, 0.15) is 48.8 Å². The number of rotatable bonds is 14. The topological polar surface area (TPSA) is 333 Å². The summed E-state index contributed by atoms with van der Waals surface area (Å²) in [5.41, 5.74) is 36.2. The summed E-state index contributed by atoms with van der Waals surface area (Å²) in [6.45, 7) is 0.946. The highest BCUT2D eigenvalue weighted by Gasteiger charge is 2.53. The van der Waals surface area contributed by atoms with Crippen LogP contribution in [0.3, 0.4) is 0 Å². The maximum atomic E-state index is 11.2. The van der Waals surface area contributed by atoms with Crippen molar-refractivity contribution >= 4 is 0 Å². The molecule has 0 aromatic rings. The lowest BCUT2D eigenvalue weighted by molar-refractivity contribution is -0.377. The number of aliphatic hydroxyl groups is 6. The predicted molar refractivity (Wildman–Crippen MR) is 155 cm³/mol. The molecule has 18 atom stereocenters. The Morgan fingerprint density at radius 2 is 1.47 bits per heavy atom. The van der Waals surface area contributed by atoms with E-state index in [0.29, 0.717) is 0 Å². The average Bonchev–Trinajstić information content (AvgIpc) is 3.29. The van der Waals surface area contributed by atoms with E-state index in [1.54, 1.807) is 6.92 Å². The summed E-state index contributed by atoms with van der Waals surface area (Å²) < 4.78 is 23.5. The first-order chi connectivity index (χ1) is 21.3. The first-order valence-electron chi connectivity index (χ1n) is 15.7. The molecule has 45 heavy (non-hydrogen) atoms. The summed E-state index contributed by atoms with van der Waals surface area (Å²) in [4.78, 5) is 11.3. The van der Waals surface area contributed by atoms with Crippen molar-refractivity contribution in [2.45, 2.75) is 136 Å². The van der Waals surface area contributed by atoms with Crippen molar-refractivity contribution in [1.82, 2.24) is 0 Å². The van der Waals surface area contributed by atoms with E-state index in [2.05, 4.69) is 0 Å². The van der Waals surface area contributed by atoms with Crippen LogP contribution in [0.2, 0.25) is 0 Å². The summed E-state index contributed by atoms with van der Waals surface area (Å²) in [6.07, 6.45) is -13.1. The van der Waals surface area contributed by atoms with E-state index in [-0.39, 0.29) is 25.4 Å². The van der Waals surface area contributed by atoms with Gasteiger partial charge < -0.3 is 84.0 Å². The molecule has 18 nitrogen and oxygen atoms in total. The number of aliphatic hydroxyl groups excluding tert-OH is 6. The van der Waals surface area contributed by atoms with Crippen LogP contribution in [0.25, 0.3) is 0 Å². The lowest BCUT2D eigenvalue weighted by Crippen LogP contribution is -2.68. The van der Waals surface area contributed by atoms with Crippen molar-refractivity contribution in [2.75, 3.05) is 19.7 Å². The second kappa shape index (κ2) is 16.1. The van der Waals surface area contributed by atoms with Crippen LogP contribution in [0.5, 0.6) is 0 Å². The Kier molecular flexibility index (Phi) is 13.3. The molecule has 18 heteroatoms.